The number of nitrogens with zero attached hydrogens (tertiary/aromatic N) is 4. The lowest BCUT2D eigenvalue weighted by Crippen LogP contribution is -2.55. The van der Waals surface area contributed by atoms with E-state index in [4.69, 9.17) is 0 Å². The second-order valence-electron chi connectivity index (χ2n) is 5.96. The van der Waals surface area contributed by atoms with Crippen LogP contribution in [0.15, 0.2) is 30.6 Å². The monoisotopic (exact) mass is 360 g/mol. The molecule has 0 saturated carbocycles. The van der Waals surface area contributed by atoms with Crippen molar-refractivity contribution in [2.75, 3.05) is 19.6 Å². The Morgan fingerprint density at radius 3 is 3.08 bits per heavy atom. The first-order valence-corrected chi connectivity index (χ1v) is 8.54. The van der Waals surface area contributed by atoms with E-state index >= 15 is 0 Å². The van der Waals surface area contributed by atoms with Crippen molar-refractivity contribution < 1.29 is 14.0 Å². The maximum atomic E-state index is 13.5. The van der Waals surface area contributed by atoms with Crippen molar-refractivity contribution >= 4 is 11.9 Å². The number of hydrogen-bond donors (Lipinski definition) is 2. The molecule has 2 N–H and O–H groups in total. The highest BCUT2D eigenvalue weighted by Crippen LogP contribution is 2.23. The highest BCUT2D eigenvalue weighted by Gasteiger charge is 2.34. The van der Waals surface area contributed by atoms with E-state index in [2.05, 4.69) is 20.8 Å². The first-order chi connectivity index (χ1) is 12.6. The van der Waals surface area contributed by atoms with Crippen molar-refractivity contribution in [3.05, 3.63) is 47.8 Å². The van der Waals surface area contributed by atoms with E-state index in [1.165, 1.54) is 23.1 Å². The molecule has 138 valence electrons. The van der Waals surface area contributed by atoms with Gasteiger partial charge >= 0.3 is 6.03 Å². The van der Waals surface area contributed by atoms with Crippen LogP contribution in [0, 0.1) is 5.82 Å². The Bertz CT molecular complexity index is 793. The molecule has 0 radical (unpaired) electrons. The highest BCUT2D eigenvalue weighted by atomic mass is 19.1. The molecule has 26 heavy (non-hydrogen) atoms. The third-order valence-electron chi connectivity index (χ3n) is 4.30. The predicted octanol–water partition coefficient (Wildman–Crippen LogP) is 0.862. The first-order valence-electron chi connectivity index (χ1n) is 8.54. The molecule has 1 aromatic heterocycles. The standard InChI is InChI=1S/C17H21FN6O2/c1-2-23-11-21-22-14(23)6-7-20-17(26)24-9-8-19-16(25)15(24)12-4-3-5-13(18)10-12/h3-5,10-11,15H,2,6-9H2,1H3,(H,19,25)(H,20,26)/t15-/m0/s1. The summed E-state index contributed by atoms with van der Waals surface area (Å²) in [6.45, 7) is 3.82. The fourth-order valence-corrected chi connectivity index (χ4v) is 3.01. The van der Waals surface area contributed by atoms with Crippen LogP contribution in [0.2, 0.25) is 0 Å². The second kappa shape index (κ2) is 7.94. The van der Waals surface area contributed by atoms with Gasteiger partial charge in [0.1, 0.15) is 24.0 Å². The zero-order chi connectivity index (χ0) is 18.5. The summed E-state index contributed by atoms with van der Waals surface area (Å²) in [7, 11) is 0. The Kier molecular flexibility index (Phi) is 5.45. The van der Waals surface area contributed by atoms with Crippen molar-refractivity contribution in [3.8, 4) is 0 Å². The number of urea groups is 1. The molecule has 0 spiro atoms. The van der Waals surface area contributed by atoms with Crippen LogP contribution in [0.25, 0.3) is 0 Å². The third kappa shape index (κ3) is 3.81. The van der Waals surface area contributed by atoms with Crippen molar-refractivity contribution in [2.45, 2.75) is 25.9 Å². The highest BCUT2D eigenvalue weighted by molar-refractivity contribution is 5.89. The molecule has 1 saturated heterocycles. The minimum absolute atomic E-state index is 0.317. The summed E-state index contributed by atoms with van der Waals surface area (Å²) < 4.78 is 15.4. The summed E-state index contributed by atoms with van der Waals surface area (Å²) in [5, 5.41) is 13.4. The second-order valence-corrected chi connectivity index (χ2v) is 5.96. The van der Waals surface area contributed by atoms with Gasteiger partial charge in [-0.05, 0) is 24.6 Å². The SMILES string of the molecule is CCn1cnnc1CCNC(=O)N1CCNC(=O)[C@@H]1c1cccc(F)c1. The molecule has 1 atom stereocenters. The number of halogens is 1. The largest absolute Gasteiger partial charge is 0.352 e. The van der Waals surface area contributed by atoms with E-state index in [1.54, 1.807) is 12.4 Å². The lowest BCUT2D eigenvalue weighted by molar-refractivity contribution is -0.127. The summed E-state index contributed by atoms with van der Waals surface area (Å²) >= 11 is 0. The van der Waals surface area contributed by atoms with Crippen LogP contribution in [0.4, 0.5) is 9.18 Å². The topological polar surface area (TPSA) is 92.2 Å². The number of benzene rings is 1. The van der Waals surface area contributed by atoms with Crippen LogP contribution < -0.4 is 10.6 Å². The van der Waals surface area contributed by atoms with Crippen molar-refractivity contribution in [3.63, 3.8) is 0 Å². The average molecular weight is 360 g/mol. The Morgan fingerprint density at radius 2 is 2.31 bits per heavy atom. The molecule has 1 fully saturated rings. The molecular formula is C17H21FN6O2. The normalized spacial score (nSPS) is 17.1. The third-order valence-corrected chi connectivity index (χ3v) is 4.30. The molecule has 9 heteroatoms. The zero-order valence-electron chi connectivity index (χ0n) is 14.5. The van der Waals surface area contributed by atoms with Gasteiger partial charge in [0, 0.05) is 32.6 Å². The number of aryl methyl sites for hydroxylation is 1. The van der Waals surface area contributed by atoms with Gasteiger partial charge in [-0.2, -0.15) is 0 Å². The number of carbonyl (C=O) groups excluding carboxylic acids is 2. The zero-order valence-corrected chi connectivity index (χ0v) is 14.5. The van der Waals surface area contributed by atoms with Gasteiger partial charge in [0.15, 0.2) is 0 Å². The van der Waals surface area contributed by atoms with Gasteiger partial charge in [0.25, 0.3) is 0 Å². The van der Waals surface area contributed by atoms with Crippen molar-refractivity contribution in [1.82, 2.24) is 30.3 Å². The van der Waals surface area contributed by atoms with Gasteiger partial charge in [-0.1, -0.05) is 12.1 Å². The van der Waals surface area contributed by atoms with E-state index in [-0.39, 0.29) is 11.9 Å². The molecule has 2 aromatic rings. The van der Waals surface area contributed by atoms with Crippen LogP contribution in [-0.2, 0) is 17.8 Å². The maximum absolute atomic E-state index is 13.5. The smallest absolute Gasteiger partial charge is 0.318 e. The molecule has 1 aliphatic heterocycles. The number of piperazine rings is 1. The van der Waals surface area contributed by atoms with E-state index in [9.17, 15) is 14.0 Å². The number of aromatic nitrogens is 3. The number of hydrogen-bond acceptors (Lipinski definition) is 4. The number of carbonyl (C=O) groups is 2. The van der Waals surface area contributed by atoms with E-state index < -0.39 is 11.9 Å². The van der Waals surface area contributed by atoms with Crippen LogP contribution in [-0.4, -0.2) is 51.2 Å². The van der Waals surface area contributed by atoms with Gasteiger partial charge in [0.2, 0.25) is 5.91 Å². The number of rotatable bonds is 5. The molecule has 2 heterocycles. The van der Waals surface area contributed by atoms with Crippen LogP contribution in [0.5, 0.6) is 0 Å². The molecular weight excluding hydrogens is 339 g/mol. The first kappa shape index (κ1) is 17.8. The summed E-state index contributed by atoms with van der Waals surface area (Å²) in [6.07, 6.45) is 2.18. The van der Waals surface area contributed by atoms with Crippen molar-refractivity contribution in [1.29, 1.82) is 0 Å². The molecule has 0 bridgehead atoms. The molecule has 1 aromatic carbocycles. The average Bonchev–Trinajstić information content (AvgIpc) is 3.09. The fraction of sp³-hybridized carbons (Fsp3) is 0.412. The Morgan fingerprint density at radius 1 is 1.46 bits per heavy atom. The van der Waals surface area contributed by atoms with E-state index in [1.807, 2.05) is 11.5 Å². The van der Waals surface area contributed by atoms with Crippen LogP contribution >= 0.6 is 0 Å². The summed E-state index contributed by atoms with van der Waals surface area (Å²) in [6, 6.07) is 4.54. The summed E-state index contributed by atoms with van der Waals surface area (Å²) in [5.41, 5.74) is 0.447. The minimum Gasteiger partial charge on any atom is -0.352 e. The lowest BCUT2D eigenvalue weighted by atomic mass is 10.0. The van der Waals surface area contributed by atoms with Gasteiger partial charge in [0.05, 0.1) is 0 Å². The molecule has 0 aliphatic carbocycles. The van der Waals surface area contributed by atoms with Crippen molar-refractivity contribution in [2.24, 2.45) is 0 Å². The van der Waals surface area contributed by atoms with E-state index in [0.29, 0.717) is 31.6 Å². The van der Waals surface area contributed by atoms with Crippen LogP contribution in [0.3, 0.4) is 0 Å². The Balaban J connectivity index is 1.67. The lowest BCUT2D eigenvalue weighted by Gasteiger charge is -2.35. The molecule has 8 nitrogen and oxygen atoms in total. The number of nitrogens with one attached hydrogen (secondary N) is 2. The molecule has 1 aliphatic rings. The van der Waals surface area contributed by atoms with Gasteiger partial charge in [-0.15, -0.1) is 10.2 Å². The minimum atomic E-state index is -0.848. The maximum Gasteiger partial charge on any atom is 0.318 e. The number of amides is 3. The summed E-state index contributed by atoms with van der Waals surface area (Å²) in [4.78, 5) is 26.3. The predicted molar refractivity (Wildman–Crippen MR) is 91.7 cm³/mol. The van der Waals surface area contributed by atoms with Gasteiger partial charge in [-0.25, -0.2) is 9.18 Å². The molecule has 3 amide bonds. The molecule has 3 rings (SSSR count). The van der Waals surface area contributed by atoms with Gasteiger partial charge in [-0.3, -0.25) is 4.79 Å². The Hall–Kier alpha value is -2.97. The quantitative estimate of drug-likeness (QED) is 0.827. The summed E-state index contributed by atoms with van der Waals surface area (Å²) in [5.74, 6) is 0.0220. The van der Waals surface area contributed by atoms with Crippen LogP contribution in [0.1, 0.15) is 24.4 Å². The van der Waals surface area contributed by atoms with E-state index in [0.717, 1.165) is 12.4 Å². The van der Waals surface area contributed by atoms with Gasteiger partial charge < -0.3 is 20.1 Å². The fourth-order valence-electron chi connectivity index (χ4n) is 3.01. The Labute approximate surface area is 150 Å². The molecule has 0 unspecified atom stereocenters.